The molecule has 1 amide bonds. The third-order valence-corrected chi connectivity index (χ3v) is 5.73. The number of rotatable bonds is 7. The molecule has 1 unspecified atom stereocenters. The number of anilines is 1. The quantitative estimate of drug-likeness (QED) is 0.739. The lowest BCUT2D eigenvalue weighted by Crippen LogP contribution is -2.40. The maximum absolute atomic E-state index is 13.0. The van der Waals surface area contributed by atoms with Crippen molar-refractivity contribution < 1.29 is 17.9 Å². The predicted molar refractivity (Wildman–Crippen MR) is 112 cm³/mol. The van der Waals surface area contributed by atoms with E-state index in [1.807, 2.05) is 18.2 Å². The van der Waals surface area contributed by atoms with Crippen molar-refractivity contribution in [1.29, 1.82) is 0 Å². The Kier molecular flexibility index (Phi) is 6.10. The first-order chi connectivity index (χ1) is 13.3. The summed E-state index contributed by atoms with van der Waals surface area (Å²) >= 11 is 0. The fraction of sp³-hybridized carbons (Fsp3) is 0.450. The van der Waals surface area contributed by atoms with Gasteiger partial charge in [0.25, 0.3) is 5.91 Å². The summed E-state index contributed by atoms with van der Waals surface area (Å²) in [6.07, 6.45) is 3.28. The molecular weight excluding hydrogens is 378 g/mol. The normalized spacial score (nSPS) is 17.6. The molecule has 1 heterocycles. The van der Waals surface area contributed by atoms with Crippen LogP contribution in [0.1, 0.15) is 30.1 Å². The number of ether oxygens (including phenoxy) is 1. The average molecular weight is 406 g/mol. The van der Waals surface area contributed by atoms with Gasteiger partial charge in [-0.05, 0) is 32.0 Å². The monoisotopic (exact) mass is 405 g/mol. The van der Waals surface area contributed by atoms with E-state index in [2.05, 4.69) is 21.9 Å². The van der Waals surface area contributed by atoms with E-state index >= 15 is 0 Å². The molecule has 1 aliphatic rings. The number of nitrogens with one attached hydrogen (secondary N) is 2. The Balaban J connectivity index is 1.95. The average Bonchev–Trinajstić information content (AvgIpc) is 3.12. The van der Waals surface area contributed by atoms with E-state index < -0.39 is 10.0 Å². The van der Waals surface area contributed by atoms with Gasteiger partial charge in [0.1, 0.15) is 5.75 Å². The molecule has 8 heteroatoms. The summed E-state index contributed by atoms with van der Waals surface area (Å²) in [7, 11) is -1.98. The van der Waals surface area contributed by atoms with Gasteiger partial charge in [0.15, 0.2) is 0 Å². The predicted octanol–water partition coefficient (Wildman–Crippen LogP) is 2.43. The summed E-state index contributed by atoms with van der Waals surface area (Å²) < 4.78 is 31.6. The highest BCUT2D eigenvalue weighted by molar-refractivity contribution is 7.92. The van der Waals surface area contributed by atoms with Crippen LogP contribution in [0.25, 0.3) is 10.8 Å². The molecule has 2 aromatic rings. The number of benzene rings is 2. The number of amides is 1. The zero-order chi connectivity index (χ0) is 20.3. The Morgan fingerprint density at radius 3 is 2.64 bits per heavy atom. The smallest absolute Gasteiger partial charge is 0.255 e. The van der Waals surface area contributed by atoms with Crippen LogP contribution < -0.4 is 14.8 Å². The van der Waals surface area contributed by atoms with Gasteiger partial charge in [-0.3, -0.25) is 14.4 Å². The fourth-order valence-electron chi connectivity index (χ4n) is 3.87. The first-order valence-electron chi connectivity index (χ1n) is 9.43. The molecule has 28 heavy (non-hydrogen) atoms. The molecule has 0 bridgehead atoms. The maximum Gasteiger partial charge on any atom is 0.255 e. The minimum absolute atomic E-state index is 0.276. The van der Waals surface area contributed by atoms with Crippen LogP contribution in [0.15, 0.2) is 30.3 Å². The van der Waals surface area contributed by atoms with Gasteiger partial charge in [-0.15, -0.1) is 0 Å². The molecule has 0 aromatic heterocycles. The number of sulfonamides is 1. The number of likely N-dealkylation sites (N-methyl/N-ethyl adjacent to an activating group) is 1. The fourth-order valence-corrected chi connectivity index (χ4v) is 4.44. The molecule has 7 nitrogen and oxygen atoms in total. The zero-order valence-electron chi connectivity index (χ0n) is 16.5. The van der Waals surface area contributed by atoms with Crippen LogP contribution in [-0.2, 0) is 10.0 Å². The molecule has 0 saturated carbocycles. The molecular formula is C20H27N3O4S. The molecule has 2 N–H and O–H groups in total. The van der Waals surface area contributed by atoms with Crippen molar-refractivity contribution in [3.05, 3.63) is 35.9 Å². The van der Waals surface area contributed by atoms with Crippen molar-refractivity contribution >= 4 is 32.4 Å². The van der Waals surface area contributed by atoms with E-state index in [0.29, 0.717) is 40.4 Å². The summed E-state index contributed by atoms with van der Waals surface area (Å²) in [6, 6.07) is 9.12. The van der Waals surface area contributed by atoms with E-state index in [9.17, 15) is 13.2 Å². The second kappa shape index (κ2) is 8.36. The Morgan fingerprint density at radius 2 is 2.00 bits per heavy atom. The zero-order valence-corrected chi connectivity index (χ0v) is 17.3. The summed E-state index contributed by atoms with van der Waals surface area (Å²) in [5.74, 6) is 0.160. The van der Waals surface area contributed by atoms with Crippen LogP contribution in [0, 0.1) is 0 Å². The van der Waals surface area contributed by atoms with E-state index in [-0.39, 0.29) is 5.91 Å². The molecule has 1 fully saturated rings. The Bertz CT molecular complexity index is 975. The van der Waals surface area contributed by atoms with Crippen molar-refractivity contribution in [3.63, 3.8) is 0 Å². The first kappa shape index (κ1) is 20.4. The third kappa shape index (κ3) is 4.39. The van der Waals surface area contributed by atoms with Crippen LogP contribution >= 0.6 is 0 Å². The molecule has 2 aromatic carbocycles. The largest absolute Gasteiger partial charge is 0.495 e. The number of methoxy groups -OCH3 is 1. The van der Waals surface area contributed by atoms with Gasteiger partial charge < -0.3 is 10.1 Å². The summed E-state index contributed by atoms with van der Waals surface area (Å²) in [5.41, 5.74) is 0.675. The van der Waals surface area contributed by atoms with Gasteiger partial charge in [-0.2, -0.15) is 0 Å². The van der Waals surface area contributed by atoms with Gasteiger partial charge in [0.2, 0.25) is 10.0 Å². The number of carbonyl (C=O) groups excluding carboxylic acids is 1. The van der Waals surface area contributed by atoms with Crippen molar-refractivity contribution in [2.75, 3.05) is 37.7 Å². The Labute approximate surface area is 166 Å². The maximum atomic E-state index is 13.0. The van der Waals surface area contributed by atoms with E-state index in [4.69, 9.17) is 4.74 Å². The van der Waals surface area contributed by atoms with Crippen LogP contribution in [0.5, 0.6) is 5.75 Å². The Morgan fingerprint density at radius 1 is 1.29 bits per heavy atom. The molecule has 0 radical (unpaired) electrons. The van der Waals surface area contributed by atoms with Crippen LogP contribution in [-0.4, -0.2) is 58.3 Å². The molecule has 1 atom stereocenters. The molecule has 0 spiro atoms. The van der Waals surface area contributed by atoms with Crippen LogP contribution in [0.3, 0.4) is 0 Å². The van der Waals surface area contributed by atoms with Gasteiger partial charge in [-0.1, -0.05) is 31.2 Å². The van der Waals surface area contributed by atoms with Gasteiger partial charge in [-0.25, -0.2) is 8.42 Å². The summed E-state index contributed by atoms with van der Waals surface area (Å²) in [6.45, 7) is 4.69. The minimum atomic E-state index is -3.50. The minimum Gasteiger partial charge on any atom is -0.495 e. The molecule has 1 aliphatic heterocycles. The second-order valence-electron chi connectivity index (χ2n) is 7.06. The number of nitrogens with zero attached hydrogens (tertiary/aromatic N) is 1. The number of likely N-dealkylation sites (tertiary alicyclic amines) is 1. The van der Waals surface area contributed by atoms with Gasteiger partial charge in [0, 0.05) is 23.4 Å². The summed E-state index contributed by atoms with van der Waals surface area (Å²) in [5, 5.41) is 4.35. The van der Waals surface area contributed by atoms with Crippen molar-refractivity contribution in [2.24, 2.45) is 0 Å². The second-order valence-corrected chi connectivity index (χ2v) is 8.81. The van der Waals surface area contributed by atoms with Crippen LogP contribution in [0.2, 0.25) is 0 Å². The van der Waals surface area contributed by atoms with Gasteiger partial charge >= 0.3 is 0 Å². The molecule has 0 aliphatic carbocycles. The lowest BCUT2D eigenvalue weighted by Gasteiger charge is -2.23. The molecule has 1 saturated heterocycles. The number of hydrogen-bond acceptors (Lipinski definition) is 5. The number of hydrogen-bond donors (Lipinski definition) is 2. The molecule has 3 rings (SSSR count). The van der Waals surface area contributed by atoms with Crippen molar-refractivity contribution in [1.82, 2.24) is 10.2 Å². The molecule has 152 valence electrons. The van der Waals surface area contributed by atoms with Crippen molar-refractivity contribution in [2.45, 2.75) is 25.8 Å². The topological polar surface area (TPSA) is 87.7 Å². The highest BCUT2D eigenvalue weighted by Gasteiger charge is 2.25. The SMILES string of the molecule is CCN1CCCC1CNC(=O)c1cc(NS(C)(=O)=O)c2ccccc2c1OC. The van der Waals surface area contributed by atoms with E-state index in [1.54, 1.807) is 12.1 Å². The third-order valence-electron chi connectivity index (χ3n) is 5.14. The van der Waals surface area contributed by atoms with Crippen molar-refractivity contribution in [3.8, 4) is 5.75 Å². The standard InChI is InChI=1S/C20H27N3O4S/c1-4-23-11-7-8-14(23)13-21-20(24)17-12-18(22-28(3,25)26)15-9-5-6-10-16(15)19(17)27-2/h5-6,9-10,12,14,22H,4,7-8,11,13H2,1-3H3,(H,21,24). The summed E-state index contributed by atoms with van der Waals surface area (Å²) in [4.78, 5) is 15.3. The number of fused-ring (bicyclic) bond motifs is 1. The van der Waals surface area contributed by atoms with Crippen LogP contribution in [0.4, 0.5) is 5.69 Å². The highest BCUT2D eigenvalue weighted by Crippen LogP contribution is 2.35. The Hall–Kier alpha value is -2.32. The highest BCUT2D eigenvalue weighted by atomic mass is 32.2. The van der Waals surface area contributed by atoms with Gasteiger partial charge in [0.05, 0.1) is 24.6 Å². The lowest BCUT2D eigenvalue weighted by atomic mass is 10.0. The van der Waals surface area contributed by atoms with E-state index in [0.717, 1.165) is 32.2 Å². The lowest BCUT2D eigenvalue weighted by molar-refractivity contribution is 0.0938. The van der Waals surface area contributed by atoms with E-state index in [1.165, 1.54) is 7.11 Å². The number of carbonyl (C=O) groups is 1. The first-order valence-corrected chi connectivity index (χ1v) is 11.3.